The molecular formula is C19H11Cl2N5. The molecule has 4 aromatic rings. The molecule has 3 heterocycles. The lowest BCUT2D eigenvalue weighted by Gasteiger charge is -2.07. The largest absolute Gasteiger partial charge is 0.367 e. The molecule has 0 fully saturated rings. The maximum atomic E-state index is 6.22. The Labute approximate surface area is 158 Å². The van der Waals surface area contributed by atoms with Gasteiger partial charge >= 0.3 is 0 Å². The molecule has 2 N–H and O–H groups in total. The van der Waals surface area contributed by atoms with E-state index in [2.05, 4.69) is 10.1 Å². The van der Waals surface area contributed by atoms with Crippen molar-refractivity contribution in [1.82, 2.24) is 14.6 Å². The molecular weight excluding hydrogens is 369 g/mol. The summed E-state index contributed by atoms with van der Waals surface area (Å²) in [5.74, 6) is 0.207. The molecule has 0 unspecified atom stereocenters. The highest BCUT2D eigenvalue weighted by Gasteiger charge is 2.23. The maximum Gasteiger partial charge on any atom is 0.238 e. The van der Waals surface area contributed by atoms with Gasteiger partial charge in [0.2, 0.25) is 5.95 Å². The minimum absolute atomic E-state index is 0.207. The number of fused-ring (bicyclic) bond motifs is 2. The fourth-order valence-electron chi connectivity index (χ4n) is 3.28. The molecule has 1 aliphatic rings. The van der Waals surface area contributed by atoms with Gasteiger partial charge < -0.3 is 5.73 Å². The highest BCUT2D eigenvalue weighted by atomic mass is 35.5. The second-order valence-electron chi connectivity index (χ2n) is 5.98. The Kier molecular flexibility index (Phi) is 3.29. The number of para-hydroxylation sites is 1. The van der Waals surface area contributed by atoms with Crippen LogP contribution < -0.4 is 5.73 Å². The zero-order chi connectivity index (χ0) is 17.8. The number of halogens is 2. The summed E-state index contributed by atoms with van der Waals surface area (Å²) in [5.41, 5.74) is 11.7. The quantitative estimate of drug-likeness (QED) is 0.456. The van der Waals surface area contributed by atoms with Crippen LogP contribution in [0.15, 0.2) is 59.7 Å². The van der Waals surface area contributed by atoms with Crippen LogP contribution >= 0.6 is 23.2 Å². The van der Waals surface area contributed by atoms with Crippen molar-refractivity contribution in [2.75, 3.05) is 5.73 Å². The van der Waals surface area contributed by atoms with Gasteiger partial charge in [0.15, 0.2) is 0 Å². The van der Waals surface area contributed by atoms with Crippen LogP contribution in [0.25, 0.3) is 16.8 Å². The molecule has 0 saturated heterocycles. The van der Waals surface area contributed by atoms with Gasteiger partial charge in [-0.1, -0.05) is 41.4 Å². The third kappa shape index (κ3) is 2.29. The molecule has 0 aliphatic carbocycles. The van der Waals surface area contributed by atoms with Crippen LogP contribution in [0.1, 0.15) is 11.1 Å². The van der Waals surface area contributed by atoms with Crippen LogP contribution in [0.4, 0.5) is 11.6 Å². The Morgan fingerprint density at radius 3 is 2.50 bits per heavy atom. The first kappa shape index (κ1) is 15.4. The second-order valence-corrected chi connectivity index (χ2v) is 6.85. The van der Waals surface area contributed by atoms with Crippen molar-refractivity contribution in [2.45, 2.75) is 0 Å². The van der Waals surface area contributed by atoms with Gasteiger partial charge in [-0.3, -0.25) is 0 Å². The molecule has 2 aromatic carbocycles. The number of nitrogens with two attached hydrogens (primary N) is 1. The molecule has 26 heavy (non-hydrogen) atoms. The number of nitrogens with zero attached hydrogens (tertiary/aromatic N) is 4. The first-order valence-corrected chi connectivity index (χ1v) is 8.65. The van der Waals surface area contributed by atoms with Gasteiger partial charge in [0, 0.05) is 32.9 Å². The fraction of sp³-hybridized carbons (Fsp3) is 0. The van der Waals surface area contributed by atoms with Gasteiger partial charge in [0.1, 0.15) is 11.2 Å². The normalized spacial score (nSPS) is 12.6. The third-order valence-electron chi connectivity index (χ3n) is 4.31. The highest BCUT2D eigenvalue weighted by Crippen LogP contribution is 2.38. The summed E-state index contributed by atoms with van der Waals surface area (Å²) in [6, 6.07) is 15.2. The van der Waals surface area contributed by atoms with E-state index >= 15 is 0 Å². The van der Waals surface area contributed by atoms with Crippen LogP contribution in [0.5, 0.6) is 0 Å². The molecule has 0 spiro atoms. The summed E-state index contributed by atoms with van der Waals surface area (Å²) in [7, 11) is 0. The van der Waals surface area contributed by atoms with Gasteiger partial charge in [-0.2, -0.15) is 0 Å². The van der Waals surface area contributed by atoms with Gasteiger partial charge in [-0.15, -0.1) is 5.10 Å². The van der Waals surface area contributed by atoms with Gasteiger partial charge in [-0.25, -0.2) is 14.5 Å². The van der Waals surface area contributed by atoms with E-state index in [9.17, 15) is 0 Å². The van der Waals surface area contributed by atoms with Crippen molar-refractivity contribution in [1.29, 1.82) is 0 Å². The van der Waals surface area contributed by atoms with Crippen molar-refractivity contribution in [3.05, 3.63) is 75.9 Å². The SMILES string of the molecule is Nc1nc2c3c(ccn3n1)C(c1cc(Cl)cc(Cl)c1)=Nc1ccccc1-2. The molecule has 0 radical (unpaired) electrons. The van der Waals surface area contributed by atoms with Gasteiger partial charge in [0.05, 0.1) is 11.4 Å². The number of hydrogen-bond acceptors (Lipinski definition) is 4. The van der Waals surface area contributed by atoms with E-state index in [1.165, 1.54) is 0 Å². The molecule has 5 nitrogen and oxygen atoms in total. The molecule has 0 amide bonds. The number of benzene rings is 2. The van der Waals surface area contributed by atoms with Crippen molar-refractivity contribution >= 4 is 46.1 Å². The van der Waals surface area contributed by atoms with Crippen molar-refractivity contribution < 1.29 is 0 Å². The van der Waals surface area contributed by atoms with E-state index in [1.807, 2.05) is 48.7 Å². The summed E-state index contributed by atoms with van der Waals surface area (Å²) in [5, 5.41) is 5.40. The third-order valence-corrected chi connectivity index (χ3v) is 4.75. The van der Waals surface area contributed by atoms with E-state index in [0.717, 1.165) is 39.3 Å². The number of anilines is 1. The second kappa shape index (κ2) is 5.56. The minimum atomic E-state index is 0.207. The zero-order valence-corrected chi connectivity index (χ0v) is 14.8. The number of aromatic nitrogens is 3. The zero-order valence-electron chi connectivity index (χ0n) is 13.3. The molecule has 5 rings (SSSR count). The summed E-state index contributed by atoms with van der Waals surface area (Å²) in [4.78, 5) is 9.40. The summed E-state index contributed by atoms with van der Waals surface area (Å²) >= 11 is 12.4. The Hall–Kier alpha value is -2.89. The predicted molar refractivity (Wildman–Crippen MR) is 105 cm³/mol. The maximum absolute atomic E-state index is 6.22. The first-order valence-electron chi connectivity index (χ1n) is 7.90. The Balaban J connectivity index is 1.92. The van der Waals surface area contributed by atoms with E-state index < -0.39 is 0 Å². The lowest BCUT2D eigenvalue weighted by molar-refractivity contribution is 0.920. The lowest BCUT2D eigenvalue weighted by Crippen LogP contribution is -2.06. The van der Waals surface area contributed by atoms with Crippen molar-refractivity contribution in [2.24, 2.45) is 4.99 Å². The molecule has 1 aliphatic heterocycles. The Bertz CT molecular complexity index is 1210. The minimum Gasteiger partial charge on any atom is -0.367 e. The number of aliphatic imine (C=N–C) groups is 1. The van der Waals surface area contributed by atoms with Gasteiger partial charge in [0.25, 0.3) is 0 Å². The monoisotopic (exact) mass is 379 g/mol. The average molecular weight is 380 g/mol. The van der Waals surface area contributed by atoms with Crippen LogP contribution in [-0.2, 0) is 0 Å². The van der Waals surface area contributed by atoms with Crippen LogP contribution in [-0.4, -0.2) is 20.3 Å². The smallest absolute Gasteiger partial charge is 0.238 e. The topological polar surface area (TPSA) is 68.6 Å². The van der Waals surface area contributed by atoms with E-state index in [-0.39, 0.29) is 5.95 Å². The first-order chi connectivity index (χ1) is 12.6. The Morgan fingerprint density at radius 2 is 1.69 bits per heavy atom. The van der Waals surface area contributed by atoms with Gasteiger partial charge in [-0.05, 0) is 30.3 Å². The fourth-order valence-corrected chi connectivity index (χ4v) is 3.81. The predicted octanol–water partition coefficient (Wildman–Crippen LogP) is 4.77. The summed E-state index contributed by atoms with van der Waals surface area (Å²) in [6.45, 7) is 0. The van der Waals surface area contributed by atoms with Crippen molar-refractivity contribution in [3.8, 4) is 11.3 Å². The van der Waals surface area contributed by atoms with Crippen molar-refractivity contribution in [3.63, 3.8) is 0 Å². The van der Waals surface area contributed by atoms with E-state index in [1.54, 1.807) is 10.6 Å². The number of nitrogen functional groups attached to an aromatic ring is 1. The molecule has 0 saturated carbocycles. The molecule has 0 bridgehead atoms. The molecule has 0 atom stereocenters. The van der Waals surface area contributed by atoms with E-state index in [0.29, 0.717) is 10.0 Å². The number of rotatable bonds is 1. The standard InChI is InChI=1S/C19H11Cl2N5/c20-11-7-10(8-12(21)9-11)16-14-5-6-26-18(14)17(24-19(22)25-26)13-3-1-2-4-15(13)23-16/h1-9H,(H2,22,25). The highest BCUT2D eigenvalue weighted by molar-refractivity contribution is 6.36. The Morgan fingerprint density at radius 1 is 0.923 bits per heavy atom. The molecule has 2 aromatic heterocycles. The van der Waals surface area contributed by atoms with Crippen LogP contribution in [0, 0.1) is 0 Å². The van der Waals surface area contributed by atoms with Crippen LogP contribution in [0.3, 0.4) is 0 Å². The summed E-state index contributed by atoms with van der Waals surface area (Å²) in [6.07, 6.45) is 1.85. The summed E-state index contributed by atoms with van der Waals surface area (Å²) < 4.78 is 1.73. The van der Waals surface area contributed by atoms with Crippen LogP contribution in [0.2, 0.25) is 10.0 Å². The molecule has 7 heteroatoms. The molecule has 126 valence electrons. The number of hydrogen-bond donors (Lipinski definition) is 1. The van der Waals surface area contributed by atoms with E-state index in [4.69, 9.17) is 33.9 Å². The lowest BCUT2D eigenvalue weighted by atomic mass is 10.0. The average Bonchev–Trinajstić information content (AvgIpc) is 2.95.